The molecule has 0 saturated heterocycles. The average Bonchev–Trinajstić information content (AvgIpc) is 2.14. The molecule has 2 nitrogen and oxygen atoms in total. The zero-order valence-electron chi connectivity index (χ0n) is 5.52. The Kier molecular flexibility index (Phi) is 4.19. The maximum atomic E-state index is 10.5. The monoisotopic (exact) mass is 134 g/mol. The molecule has 0 N–H and O–H groups in total. The predicted molar refractivity (Wildman–Crippen MR) is 26.9 cm³/mol. The Labute approximate surface area is 76.2 Å². The Bertz CT molecular complexity index is 140. The summed E-state index contributed by atoms with van der Waals surface area (Å²) >= 11 is 0. The molecule has 0 aromatic heterocycles. The van der Waals surface area contributed by atoms with Crippen LogP contribution in [0.2, 0.25) is 0 Å². The van der Waals surface area contributed by atoms with Crippen molar-refractivity contribution in [3.05, 3.63) is 11.3 Å². The molecule has 0 radical (unpaired) electrons. The SMILES string of the molecule is O=CC1=C([O-])CCC1.[Na+]. The molecule has 9 heavy (non-hydrogen) atoms. The summed E-state index contributed by atoms with van der Waals surface area (Å²) in [4.78, 5) is 9.96. The molecule has 0 aliphatic heterocycles. The summed E-state index contributed by atoms with van der Waals surface area (Å²) in [5.74, 6) is 0.0417. The van der Waals surface area contributed by atoms with E-state index in [1.54, 1.807) is 0 Å². The van der Waals surface area contributed by atoms with Crippen molar-refractivity contribution in [2.24, 2.45) is 0 Å². The van der Waals surface area contributed by atoms with Gasteiger partial charge in [0, 0.05) is 0 Å². The maximum absolute atomic E-state index is 10.5. The van der Waals surface area contributed by atoms with E-state index in [0.29, 0.717) is 24.7 Å². The smallest absolute Gasteiger partial charge is 0.875 e. The molecular weight excluding hydrogens is 127 g/mol. The van der Waals surface area contributed by atoms with Crippen LogP contribution in [0.3, 0.4) is 0 Å². The fraction of sp³-hybridized carbons (Fsp3) is 0.500. The van der Waals surface area contributed by atoms with Crippen LogP contribution in [0.5, 0.6) is 0 Å². The van der Waals surface area contributed by atoms with Crippen LogP contribution in [-0.4, -0.2) is 6.29 Å². The first-order valence-corrected chi connectivity index (χ1v) is 2.69. The summed E-state index contributed by atoms with van der Waals surface area (Å²) in [6.45, 7) is 0. The second kappa shape index (κ2) is 4.09. The second-order valence-corrected chi connectivity index (χ2v) is 1.92. The van der Waals surface area contributed by atoms with Crippen molar-refractivity contribution in [1.82, 2.24) is 0 Å². The zero-order valence-corrected chi connectivity index (χ0v) is 7.52. The minimum absolute atomic E-state index is 0. The van der Waals surface area contributed by atoms with Crippen LogP contribution in [0.25, 0.3) is 0 Å². The third-order valence-electron chi connectivity index (χ3n) is 1.35. The van der Waals surface area contributed by atoms with Gasteiger partial charge in [0.15, 0.2) is 0 Å². The molecule has 0 saturated carbocycles. The van der Waals surface area contributed by atoms with Gasteiger partial charge in [-0.2, -0.15) is 0 Å². The van der Waals surface area contributed by atoms with E-state index in [0.717, 1.165) is 6.42 Å². The number of carbonyl (C=O) groups is 1. The topological polar surface area (TPSA) is 40.1 Å². The third-order valence-corrected chi connectivity index (χ3v) is 1.35. The van der Waals surface area contributed by atoms with E-state index in [4.69, 9.17) is 0 Å². The largest absolute Gasteiger partial charge is 1.00 e. The fourth-order valence-electron chi connectivity index (χ4n) is 0.864. The minimum atomic E-state index is 0. The molecule has 0 unspecified atom stereocenters. The van der Waals surface area contributed by atoms with Crippen molar-refractivity contribution in [3.8, 4) is 0 Å². The van der Waals surface area contributed by atoms with Gasteiger partial charge in [-0.3, -0.25) is 4.79 Å². The first kappa shape index (κ1) is 9.21. The van der Waals surface area contributed by atoms with Crippen LogP contribution >= 0.6 is 0 Å². The van der Waals surface area contributed by atoms with Crippen LogP contribution in [0.1, 0.15) is 19.3 Å². The molecule has 0 spiro atoms. The molecule has 3 heteroatoms. The summed E-state index contributed by atoms with van der Waals surface area (Å²) in [5, 5.41) is 10.5. The van der Waals surface area contributed by atoms with Crippen LogP contribution in [0.15, 0.2) is 11.3 Å². The van der Waals surface area contributed by atoms with Gasteiger partial charge in [0.05, 0.1) is 0 Å². The first-order chi connectivity index (χ1) is 3.84. The average molecular weight is 134 g/mol. The minimum Gasteiger partial charge on any atom is -0.875 e. The van der Waals surface area contributed by atoms with Crippen molar-refractivity contribution in [3.63, 3.8) is 0 Å². The van der Waals surface area contributed by atoms with Crippen LogP contribution < -0.4 is 34.7 Å². The van der Waals surface area contributed by atoms with Gasteiger partial charge >= 0.3 is 29.6 Å². The number of aldehydes is 1. The second-order valence-electron chi connectivity index (χ2n) is 1.92. The van der Waals surface area contributed by atoms with Gasteiger partial charge in [-0.15, -0.1) is 5.76 Å². The van der Waals surface area contributed by atoms with Gasteiger partial charge < -0.3 is 5.11 Å². The van der Waals surface area contributed by atoms with Crippen molar-refractivity contribution < 1.29 is 39.5 Å². The third kappa shape index (κ3) is 2.12. The quantitative estimate of drug-likeness (QED) is 0.283. The molecule has 0 aromatic rings. The summed E-state index contributed by atoms with van der Waals surface area (Å²) < 4.78 is 0. The molecule has 0 atom stereocenters. The summed E-state index contributed by atoms with van der Waals surface area (Å²) in [6.07, 6.45) is 2.82. The number of hydrogen-bond acceptors (Lipinski definition) is 2. The molecule has 1 aliphatic carbocycles. The van der Waals surface area contributed by atoms with Crippen molar-refractivity contribution in [2.75, 3.05) is 0 Å². The molecule has 1 aliphatic rings. The molecular formula is C6H7NaO2. The van der Waals surface area contributed by atoms with Crippen LogP contribution in [0.4, 0.5) is 0 Å². The standard InChI is InChI=1S/C6H8O2.Na/c7-4-5-2-1-3-6(5)8;/h4,8H,1-3H2;/q;+1/p-1. The van der Waals surface area contributed by atoms with Gasteiger partial charge in [-0.1, -0.05) is 0 Å². The first-order valence-electron chi connectivity index (χ1n) is 2.69. The Hall–Kier alpha value is 0.210. The van der Waals surface area contributed by atoms with Gasteiger partial charge in [-0.25, -0.2) is 0 Å². The molecule has 44 valence electrons. The summed E-state index contributed by atoms with van der Waals surface area (Å²) in [5.41, 5.74) is 0.477. The van der Waals surface area contributed by atoms with Gasteiger partial charge in [0.25, 0.3) is 0 Å². The Morgan fingerprint density at radius 1 is 1.44 bits per heavy atom. The summed E-state index contributed by atoms with van der Waals surface area (Å²) in [6, 6.07) is 0. The molecule has 0 bridgehead atoms. The normalized spacial score (nSPS) is 17.3. The van der Waals surface area contributed by atoms with E-state index in [9.17, 15) is 9.90 Å². The van der Waals surface area contributed by atoms with E-state index < -0.39 is 0 Å². The number of carbonyl (C=O) groups excluding carboxylic acids is 1. The fourth-order valence-corrected chi connectivity index (χ4v) is 0.864. The van der Waals surface area contributed by atoms with E-state index in [1.807, 2.05) is 0 Å². The Morgan fingerprint density at radius 3 is 2.33 bits per heavy atom. The molecule has 1 rings (SSSR count). The molecule has 0 amide bonds. The summed E-state index contributed by atoms with van der Waals surface area (Å²) in [7, 11) is 0. The Morgan fingerprint density at radius 2 is 2.11 bits per heavy atom. The van der Waals surface area contributed by atoms with Crippen molar-refractivity contribution in [1.29, 1.82) is 0 Å². The van der Waals surface area contributed by atoms with E-state index in [1.165, 1.54) is 0 Å². The number of allylic oxidation sites excluding steroid dienone is 2. The van der Waals surface area contributed by atoms with E-state index in [2.05, 4.69) is 0 Å². The zero-order chi connectivity index (χ0) is 5.98. The number of hydrogen-bond donors (Lipinski definition) is 0. The molecule has 0 heterocycles. The maximum Gasteiger partial charge on any atom is 1.00 e. The van der Waals surface area contributed by atoms with Gasteiger partial charge in [-0.05, 0) is 24.8 Å². The van der Waals surface area contributed by atoms with Gasteiger partial charge in [0.1, 0.15) is 6.29 Å². The predicted octanol–water partition coefficient (Wildman–Crippen LogP) is -3.01. The van der Waals surface area contributed by atoms with Crippen LogP contribution in [0, 0.1) is 0 Å². The van der Waals surface area contributed by atoms with E-state index >= 15 is 0 Å². The van der Waals surface area contributed by atoms with Crippen LogP contribution in [-0.2, 0) is 4.79 Å². The van der Waals surface area contributed by atoms with Gasteiger partial charge in [0.2, 0.25) is 0 Å². The molecule has 0 aromatic carbocycles. The molecule has 0 fully saturated rings. The van der Waals surface area contributed by atoms with Crippen molar-refractivity contribution >= 4 is 6.29 Å². The Balaban J connectivity index is 0.000000640. The number of rotatable bonds is 1. The van der Waals surface area contributed by atoms with E-state index in [-0.39, 0.29) is 35.3 Å². The van der Waals surface area contributed by atoms with Crippen molar-refractivity contribution in [2.45, 2.75) is 19.3 Å².